The summed E-state index contributed by atoms with van der Waals surface area (Å²) < 4.78 is 10.8. The normalized spacial score (nSPS) is 13.8. The van der Waals surface area contributed by atoms with Gasteiger partial charge in [0.25, 0.3) is 5.91 Å². The highest BCUT2D eigenvalue weighted by molar-refractivity contribution is 5.97. The topological polar surface area (TPSA) is 80.0 Å². The van der Waals surface area contributed by atoms with E-state index in [-0.39, 0.29) is 24.6 Å². The summed E-state index contributed by atoms with van der Waals surface area (Å²) >= 11 is 0. The standard InChI is InChI=1S/C15H13NO5/c1-9-11(15(18)19)6-10(21-9)7-16-12-4-2-3-5-13(12)20-8-14(16)17/h2-6H,7-8H2,1H3,(H,18,19). The minimum absolute atomic E-state index is 0.0392. The van der Waals surface area contributed by atoms with Gasteiger partial charge in [-0.25, -0.2) is 4.79 Å². The van der Waals surface area contributed by atoms with Gasteiger partial charge in [-0.2, -0.15) is 0 Å². The zero-order chi connectivity index (χ0) is 15.0. The van der Waals surface area contributed by atoms with Gasteiger partial charge >= 0.3 is 5.97 Å². The minimum atomic E-state index is -1.05. The Morgan fingerprint density at radius 3 is 2.86 bits per heavy atom. The van der Waals surface area contributed by atoms with Crippen LogP contribution in [0.5, 0.6) is 5.75 Å². The number of hydrogen-bond donors (Lipinski definition) is 1. The third-order valence-electron chi connectivity index (χ3n) is 3.32. The average molecular weight is 287 g/mol. The SMILES string of the molecule is Cc1oc(CN2C(=O)COc3ccccc32)cc1C(=O)O. The number of nitrogens with zero attached hydrogens (tertiary/aromatic N) is 1. The first kappa shape index (κ1) is 13.2. The summed E-state index contributed by atoms with van der Waals surface area (Å²) in [5.41, 5.74) is 0.763. The number of hydrogen-bond acceptors (Lipinski definition) is 4. The lowest BCUT2D eigenvalue weighted by atomic mass is 10.2. The number of para-hydroxylation sites is 2. The van der Waals surface area contributed by atoms with Crippen LogP contribution in [0.2, 0.25) is 0 Å². The van der Waals surface area contributed by atoms with Gasteiger partial charge in [-0.05, 0) is 25.1 Å². The van der Waals surface area contributed by atoms with E-state index in [0.717, 1.165) is 0 Å². The van der Waals surface area contributed by atoms with Crippen LogP contribution in [-0.4, -0.2) is 23.6 Å². The lowest BCUT2D eigenvalue weighted by molar-refractivity contribution is -0.121. The van der Waals surface area contributed by atoms with Crippen molar-refractivity contribution >= 4 is 17.6 Å². The first-order valence-electron chi connectivity index (χ1n) is 6.41. The van der Waals surface area contributed by atoms with Gasteiger partial charge in [0.1, 0.15) is 22.8 Å². The number of ether oxygens (including phenoxy) is 1. The molecule has 2 heterocycles. The fourth-order valence-corrected chi connectivity index (χ4v) is 2.32. The maximum absolute atomic E-state index is 12.0. The number of aryl methyl sites for hydroxylation is 1. The van der Waals surface area contributed by atoms with Gasteiger partial charge in [-0.3, -0.25) is 9.69 Å². The quantitative estimate of drug-likeness (QED) is 0.936. The van der Waals surface area contributed by atoms with Crippen LogP contribution in [0.15, 0.2) is 34.7 Å². The Kier molecular flexibility index (Phi) is 3.13. The number of carbonyl (C=O) groups is 2. The summed E-state index contributed by atoms with van der Waals surface area (Å²) in [6.45, 7) is 1.72. The molecule has 1 aromatic carbocycles. The molecule has 0 radical (unpaired) electrons. The molecule has 108 valence electrons. The molecule has 1 aliphatic rings. The minimum Gasteiger partial charge on any atom is -0.482 e. The summed E-state index contributed by atoms with van der Waals surface area (Å²) in [7, 11) is 0. The van der Waals surface area contributed by atoms with Crippen molar-refractivity contribution < 1.29 is 23.8 Å². The molecule has 1 aliphatic heterocycles. The monoisotopic (exact) mass is 287 g/mol. The highest BCUT2D eigenvalue weighted by Gasteiger charge is 2.26. The second-order valence-corrected chi connectivity index (χ2v) is 4.72. The largest absolute Gasteiger partial charge is 0.482 e. The molecule has 2 aromatic rings. The second-order valence-electron chi connectivity index (χ2n) is 4.72. The molecule has 0 unspecified atom stereocenters. The maximum Gasteiger partial charge on any atom is 0.339 e. The fourth-order valence-electron chi connectivity index (χ4n) is 2.32. The summed E-state index contributed by atoms with van der Waals surface area (Å²) in [5, 5.41) is 9.03. The molecule has 0 aliphatic carbocycles. The van der Waals surface area contributed by atoms with E-state index in [0.29, 0.717) is 23.0 Å². The predicted octanol–water partition coefficient (Wildman–Crippen LogP) is 2.21. The summed E-state index contributed by atoms with van der Waals surface area (Å²) in [5.74, 6) is 0.135. The number of aromatic carboxylic acids is 1. The van der Waals surface area contributed by atoms with E-state index >= 15 is 0 Å². The molecule has 0 bridgehead atoms. The van der Waals surface area contributed by atoms with Crippen LogP contribution in [0.25, 0.3) is 0 Å². The third kappa shape index (κ3) is 2.35. The van der Waals surface area contributed by atoms with Crippen LogP contribution in [0, 0.1) is 6.92 Å². The van der Waals surface area contributed by atoms with E-state index < -0.39 is 5.97 Å². The van der Waals surface area contributed by atoms with Crippen molar-refractivity contribution in [1.29, 1.82) is 0 Å². The number of amides is 1. The van der Waals surface area contributed by atoms with E-state index in [4.69, 9.17) is 14.3 Å². The van der Waals surface area contributed by atoms with Crippen LogP contribution in [0.1, 0.15) is 21.9 Å². The Bertz CT molecular complexity index is 719. The molecule has 1 N–H and O–H groups in total. The smallest absolute Gasteiger partial charge is 0.339 e. The van der Waals surface area contributed by atoms with Crippen molar-refractivity contribution in [2.24, 2.45) is 0 Å². The molecule has 3 rings (SSSR count). The van der Waals surface area contributed by atoms with Gasteiger partial charge in [0, 0.05) is 0 Å². The number of fused-ring (bicyclic) bond motifs is 1. The van der Waals surface area contributed by atoms with Gasteiger partial charge in [0.15, 0.2) is 6.61 Å². The molecule has 21 heavy (non-hydrogen) atoms. The van der Waals surface area contributed by atoms with Gasteiger partial charge in [-0.1, -0.05) is 12.1 Å². The number of carboxylic acid groups (broad SMARTS) is 1. The molecule has 0 saturated heterocycles. The number of rotatable bonds is 3. The average Bonchev–Trinajstić information content (AvgIpc) is 2.83. The van der Waals surface area contributed by atoms with Gasteiger partial charge in [0.2, 0.25) is 0 Å². The molecule has 0 atom stereocenters. The van der Waals surface area contributed by atoms with E-state index in [1.165, 1.54) is 11.0 Å². The van der Waals surface area contributed by atoms with Crippen molar-refractivity contribution in [3.8, 4) is 5.75 Å². The van der Waals surface area contributed by atoms with E-state index in [1.807, 2.05) is 12.1 Å². The zero-order valence-electron chi connectivity index (χ0n) is 11.3. The number of furan rings is 1. The van der Waals surface area contributed by atoms with Crippen molar-refractivity contribution in [1.82, 2.24) is 0 Å². The van der Waals surface area contributed by atoms with Crippen molar-refractivity contribution in [3.05, 3.63) is 47.4 Å². The first-order chi connectivity index (χ1) is 10.1. The third-order valence-corrected chi connectivity index (χ3v) is 3.32. The van der Waals surface area contributed by atoms with Crippen LogP contribution in [-0.2, 0) is 11.3 Å². The van der Waals surface area contributed by atoms with Crippen LogP contribution >= 0.6 is 0 Å². The van der Waals surface area contributed by atoms with Gasteiger partial charge in [-0.15, -0.1) is 0 Å². The first-order valence-corrected chi connectivity index (χ1v) is 6.41. The molecule has 6 heteroatoms. The maximum atomic E-state index is 12.0. The van der Waals surface area contributed by atoms with E-state index in [2.05, 4.69) is 0 Å². The number of anilines is 1. The summed E-state index contributed by atoms with van der Waals surface area (Å²) in [6.07, 6.45) is 0. The predicted molar refractivity (Wildman–Crippen MR) is 73.5 cm³/mol. The van der Waals surface area contributed by atoms with Crippen molar-refractivity contribution in [2.75, 3.05) is 11.5 Å². The fraction of sp³-hybridized carbons (Fsp3) is 0.200. The van der Waals surface area contributed by atoms with E-state index in [1.54, 1.807) is 19.1 Å². The number of benzene rings is 1. The summed E-state index contributed by atoms with van der Waals surface area (Å²) in [6, 6.07) is 8.64. The Hall–Kier alpha value is -2.76. The molecule has 0 spiro atoms. The highest BCUT2D eigenvalue weighted by atomic mass is 16.5. The number of carbonyl (C=O) groups excluding carboxylic acids is 1. The Labute approximate surface area is 120 Å². The molecule has 0 fully saturated rings. The Balaban J connectivity index is 1.92. The molecule has 0 saturated carbocycles. The second kappa shape index (κ2) is 4.97. The lowest BCUT2D eigenvalue weighted by Crippen LogP contribution is -2.38. The Morgan fingerprint density at radius 2 is 2.14 bits per heavy atom. The zero-order valence-corrected chi connectivity index (χ0v) is 11.3. The van der Waals surface area contributed by atoms with Crippen LogP contribution in [0.3, 0.4) is 0 Å². The molecule has 6 nitrogen and oxygen atoms in total. The van der Waals surface area contributed by atoms with Gasteiger partial charge < -0.3 is 14.3 Å². The Morgan fingerprint density at radius 1 is 1.38 bits per heavy atom. The van der Waals surface area contributed by atoms with Crippen LogP contribution in [0.4, 0.5) is 5.69 Å². The van der Waals surface area contributed by atoms with Gasteiger partial charge in [0.05, 0.1) is 12.2 Å². The summed E-state index contributed by atoms with van der Waals surface area (Å²) in [4.78, 5) is 24.6. The molecular weight excluding hydrogens is 274 g/mol. The lowest BCUT2D eigenvalue weighted by Gasteiger charge is -2.28. The van der Waals surface area contributed by atoms with E-state index in [9.17, 15) is 9.59 Å². The molecule has 1 aromatic heterocycles. The highest BCUT2D eigenvalue weighted by Crippen LogP contribution is 2.33. The number of carboxylic acids is 1. The molecular formula is C15H13NO5. The van der Waals surface area contributed by atoms with Crippen LogP contribution < -0.4 is 9.64 Å². The van der Waals surface area contributed by atoms with Crippen molar-refractivity contribution in [2.45, 2.75) is 13.5 Å². The van der Waals surface area contributed by atoms with Crippen molar-refractivity contribution in [3.63, 3.8) is 0 Å². The molecule has 1 amide bonds.